The van der Waals surface area contributed by atoms with Gasteiger partial charge in [-0.05, 0) is 38.1 Å². The van der Waals surface area contributed by atoms with Crippen LogP contribution in [0.3, 0.4) is 0 Å². The molecule has 0 saturated carbocycles. The summed E-state index contributed by atoms with van der Waals surface area (Å²) in [6, 6.07) is 16.3. The fourth-order valence-electron chi connectivity index (χ4n) is 3.40. The molecule has 0 saturated heterocycles. The van der Waals surface area contributed by atoms with Crippen molar-refractivity contribution in [3.63, 3.8) is 0 Å². The highest BCUT2D eigenvalue weighted by Gasteiger charge is 2.12. The Morgan fingerprint density at radius 2 is 1.08 bits per heavy atom. The molecule has 0 bridgehead atoms. The first kappa shape index (κ1) is 27.8. The van der Waals surface area contributed by atoms with Crippen molar-refractivity contribution in [1.82, 2.24) is 9.97 Å². The second-order valence-electron chi connectivity index (χ2n) is 7.88. The molecule has 0 amide bonds. The number of aryl methyl sites for hydroxylation is 2. The Kier molecular flexibility index (Phi) is 9.55. The second kappa shape index (κ2) is 13.0. The van der Waals surface area contributed by atoms with Crippen molar-refractivity contribution in [1.29, 1.82) is 0 Å². The minimum Gasteiger partial charge on any atom is -0.314 e. The zero-order chi connectivity index (χ0) is 27.1. The Balaban J connectivity index is 1.31. The molecule has 0 atom stereocenters. The van der Waals surface area contributed by atoms with Crippen molar-refractivity contribution in [2.75, 3.05) is 13.2 Å². The molecule has 0 aliphatic rings. The largest absolute Gasteiger partial charge is 0.314 e. The molecular weight excluding hydrogens is 569 g/mol. The minimum absolute atomic E-state index is 0.0230. The van der Waals surface area contributed by atoms with Gasteiger partial charge in [-0.2, -0.15) is 0 Å². The van der Waals surface area contributed by atoms with Crippen LogP contribution >= 0.6 is 44.3 Å². The molecule has 0 radical (unpaired) electrons. The molecule has 10 nitrogen and oxygen atoms in total. The zero-order valence-corrected chi connectivity index (χ0v) is 23.6. The standard InChI is InChI=1S/C24H22N4O6S4/c1-15-21(11-13-33-27(29)30)35-23(25-15)17-3-7-19(8-4-17)37-38-20-9-5-18(6-10-20)24-26-16(2)22(36-24)12-14-34-28(31)32/h3-10H,11-14H2,1-2H3. The third-order valence-electron chi connectivity index (χ3n) is 5.27. The van der Waals surface area contributed by atoms with Gasteiger partial charge in [-0.3, -0.25) is 0 Å². The molecule has 0 aliphatic heterocycles. The maximum atomic E-state index is 10.4. The van der Waals surface area contributed by atoms with Gasteiger partial charge in [0, 0.05) is 43.5 Å². The monoisotopic (exact) mass is 590 g/mol. The lowest BCUT2D eigenvalue weighted by atomic mass is 10.2. The van der Waals surface area contributed by atoms with Gasteiger partial charge in [-0.25, -0.2) is 9.97 Å². The predicted molar refractivity (Wildman–Crippen MR) is 150 cm³/mol. The summed E-state index contributed by atoms with van der Waals surface area (Å²) in [5, 5.41) is 20.9. The number of aromatic nitrogens is 2. The SMILES string of the molecule is Cc1nc(-c2ccc(SSc3ccc(-c4nc(C)c(CCO[N+](=O)[O-])s4)cc3)cc2)sc1CCO[N+](=O)[O-]. The molecule has 4 rings (SSSR count). The lowest BCUT2D eigenvalue weighted by molar-refractivity contribution is -0.757. The molecule has 4 aromatic rings. The fraction of sp³-hybridized carbons (Fsp3) is 0.250. The number of thiazole rings is 2. The average molecular weight is 591 g/mol. The van der Waals surface area contributed by atoms with Crippen LogP contribution in [0.2, 0.25) is 0 Å². The highest BCUT2D eigenvalue weighted by molar-refractivity contribution is 8.76. The van der Waals surface area contributed by atoms with Gasteiger partial charge in [0.15, 0.2) is 0 Å². The van der Waals surface area contributed by atoms with Crippen molar-refractivity contribution in [2.45, 2.75) is 36.5 Å². The Bertz CT molecular complexity index is 1300. The first-order valence-corrected chi connectivity index (χ1v) is 15.1. The van der Waals surface area contributed by atoms with Gasteiger partial charge >= 0.3 is 0 Å². The van der Waals surface area contributed by atoms with Crippen molar-refractivity contribution >= 4 is 44.3 Å². The van der Waals surface area contributed by atoms with Crippen LogP contribution in [-0.4, -0.2) is 33.4 Å². The van der Waals surface area contributed by atoms with Gasteiger partial charge in [0.2, 0.25) is 0 Å². The van der Waals surface area contributed by atoms with Crippen LogP contribution in [0.1, 0.15) is 21.1 Å². The average Bonchev–Trinajstić information content (AvgIpc) is 3.45. The Morgan fingerprint density at radius 1 is 0.711 bits per heavy atom. The highest BCUT2D eigenvalue weighted by atomic mass is 33.1. The van der Waals surface area contributed by atoms with Gasteiger partial charge < -0.3 is 9.68 Å². The van der Waals surface area contributed by atoms with E-state index in [1.165, 1.54) is 22.7 Å². The van der Waals surface area contributed by atoms with E-state index >= 15 is 0 Å². The number of hydrogen-bond donors (Lipinski definition) is 0. The van der Waals surface area contributed by atoms with Crippen LogP contribution in [0.15, 0.2) is 58.3 Å². The predicted octanol–water partition coefficient (Wildman–Crippen LogP) is 6.85. The molecular formula is C24H22N4O6S4. The first-order chi connectivity index (χ1) is 18.3. The normalized spacial score (nSPS) is 10.9. The van der Waals surface area contributed by atoms with E-state index in [1.807, 2.05) is 38.1 Å². The van der Waals surface area contributed by atoms with E-state index in [4.69, 9.17) is 0 Å². The molecule has 0 aliphatic carbocycles. The van der Waals surface area contributed by atoms with Crippen LogP contribution in [0.4, 0.5) is 0 Å². The molecule has 0 spiro atoms. The third-order valence-corrected chi connectivity index (χ3v) is 10.2. The lowest BCUT2D eigenvalue weighted by Crippen LogP contribution is -2.04. The van der Waals surface area contributed by atoms with Gasteiger partial charge in [0.25, 0.3) is 10.2 Å². The summed E-state index contributed by atoms with van der Waals surface area (Å²) >= 11 is 3.05. The van der Waals surface area contributed by atoms with E-state index in [-0.39, 0.29) is 13.2 Å². The number of nitrogens with zero attached hydrogens (tertiary/aromatic N) is 4. The fourth-order valence-corrected chi connectivity index (χ4v) is 7.42. The Labute approximate surface area is 234 Å². The van der Waals surface area contributed by atoms with E-state index < -0.39 is 10.2 Å². The molecule has 2 heterocycles. The topological polar surface area (TPSA) is 131 Å². The molecule has 2 aromatic carbocycles. The zero-order valence-electron chi connectivity index (χ0n) is 20.3. The van der Waals surface area contributed by atoms with Gasteiger partial charge in [0.1, 0.15) is 23.2 Å². The smallest absolute Gasteiger partial charge is 0.294 e. The number of benzene rings is 2. The summed E-state index contributed by atoms with van der Waals surface area (Å²) in [5.74, 6) is 0. The van der Waals surface area contributed by atoms with E-state index in [0.717, 1.165) is 52.1 Å². The molecule has 198 valence electrons. The Hall–Kier alpha value is -3.20. The van der Waals surface area contributed by atoms with Gasteiger partial charge in [-0.15, -0.1) is 42.9 Å². The summed E-state index contributed by atoms with van der Waals surface area (Å²) in [6.45, 7) is 3.85. The van der Waals surface area contributed by atoms with Crippen LogP contribution in [0.25, 0.3) is 21.1 Å². The quantitative estimate of drug-likeness (QED) is 0.0925. The Morgan fingerprint density at radius 3 is 1.42 bits per heavy atom. The van der Waals surface area contributed by atoms with Crippen LogP contribution < -0.4 is 0 Å². The second-order valence-corrected chi connectivity index (χ2v) is 12.3. The maximum absolute atomic E-state index is 10.4. The molecule has 0 unspecified atom stereocenters. The maximum Gasteiger partial charge on any atom is 0.294 e. The first-order valence-electron chi connectivity index (χ1n) is 11.3. The molecule has 0 fully saturated rings. The van der Waals surface area contributed by atoms with E-state index in [1.54, 1.807) is 21.6 Å². The van der Waals surface area contributed by atoms with Crippen LogP contribution in [0.5, 0.6) is 0 Å². The number of rotatable bonds is 13. The summed E-state index contributed by atoms with van der Waals surface area (Å²) in [7, 11) is 3.31. The molecule has 14 heteroatoms. The summed E-state index contributed by atoms with van der Waals surface area (Å²) in [6.07, 6.45) is 0.909. The summed E-state index contributed by atoms with van der Waals surface area (Å²) < 4.78 is 0. The van der Waals surface area contributed by atoms with Crippen molar-refractivity contribution < 1.29 is 19.8 Å². The van der Waals surface area contributed by atoms with Crippen molar-refractivity contribution in [3.8, 4) is 21.1 Å². The molecule has 0 N–H and O–H groups in total. The minimum atomic E-state index is -0.778. The van der Waals surface area contributed by atoms with Crippen LogP contribution in [-0.2, 0) is 22.5 Å². The van der Waals surface area contributed by atoms with E-state index in [9.17, 15) is 20.2 Å². The molecule has 38 heavy (non-hydrogen) atoms. The number of hydrogen-bond acceptors (Lipinski definition) is 12. The summed E-state index contributed by atoms with van der Waals surface area (Å²) in [4.78, 5) is 42.9. The van der Waals surface area contributed by atoms with E-state index in [2.05, 4.69) is 43.9 Å². The highest BCUT2D eigenvalue weighted by Crippen LogP contribution is 2.39. The van der Waals surface area contributed by atoms with Gasteiger partial charge in [-0.1, -0.05) is 45.9 Å². The van der Waals surface area contributed by atoms with E-state index in [0.29, 0.717) is 12.8 Å². The van der Waals surface area contributed by atoms with Crippen LogP contribution in [0, 0.1) is 34.1 Å². The van der Waals surface area contributed by atoms with Crippen molar-refractivity contribution in [3.05, 3.63) is 89.9 Å². The van der Waals surface area contributed by atoms with Crippen molar-refractivity contribution in [2.24, 2.45) is 0 Å². The summed E-state index contributed by atoms with van der Waals surface area (Å²) in [5.41, 5.74) is 3.73. The van der Waals surface area contributed by atoms with Gasteiger partial charge in [0.05, 0.1) is 11.4 Å². The molecule has 2 aromatic heterocycles. The lowest BCUT2D eigenvalue weighted by Gasteiger charge is -2.04. The third kappa shape index (κ3) is 7.66.